The minimum absolute atomic E-state index is 0.0751. The van der Waals surface area contributed by atoms with E-state index in [1.54, 1.807) is 6.92 Å². The number of fused-ring (bicyclic) bond motifs is 1. The minimum atomic E-state index is -0.453. The van der Waals surface area contributed by atoms with Crippen molar-refractivity contribution >= 4 is 11.9 Å². The highest BCUT2D eigenvalue weighted by molar-refractivity contribution is 5.72. The van der Waals surface area contributed by atoms with Crippen LogP contribution >= 0.6 is 0 Å². The van der Waals surface area contributed by atoms with Gasteiger partial charge in [0.2, 0.25) is 12.7 Å². The summed E-state index contributed by atoms with van der Waals surface area (Å²) in [7, 11) is 1.30. The Morgan fingerprint density at radius 1 is 1.21 bits per heavy atom. The number of hydrogen-bond acceptors (Lipinski definition) is 8. The van der Waals surface area contributed by atoms with Crippen molar-refractivity contribution in [2.24, 2.45) is 0 Å². The van der Waals surface area contributed by atoms with E-state index in [1.807, 2.05) is 12.1 Å². The van der Waals surface area contributed by atoms with Crippen LogP contribution < -0.4 is 19.9 Å². The van der Waals surface area contributed by atoms with Crippen molar-refractivity contribution in [3.05, 3.63) is 45.4 Å². The van der Waals surface area contributed by atoms with Crippen LogP contribution in [0.15, 0.2) is 23.0 Å². The van der Waals surface area contributed by atoms with Gasteiger partial charge in [0, 0.05) is 38.3 Å². The molecule has 0 amide bonds. The number of carbonyl (C=O) groups excluding carboxylic acids is 1. The molecule has 1 N–H and O–H groups in total. The monoisotopic (exact) mass is 400 g/mol. The Bertz CT molecular complexity index is 966. The van der Waals surface area contributed by atoms with Crippen molar-refractivity contribution in [2.45, 2.75) is 19.9 Å². The van der Waals surface area contributed by atoms with E-state index in [1.165, 1.54) is 12.7 Å². The molecule has 1 aromatic carbocycles. The summed E-state index contributed by atoms with van der Waals surface area (Å²) in [5.41, 5.74) is 1.79. The molecular formula is C20H24N4O5. The maximum Gasteiger partial charge on any atom is 0.310 e. The Hall–Kier alpha value is -3.07. The van der Waals surface area contributed by atoms with Gasteiger partial charge < -0.3 is 19.1 Å². The van der Waals surface area contributed by atoms with E-state index in [4.69, 9.17) is 9.47 Å². The number of nitrogens with zero attached hydrogens (tertiary/aromatic N) is 3. The first-order valence-corrected chi connectivity index (χ1v) is 9.56. The second-order valence-electron chi connectivity index (χ2n) is 7.16. The molecule has 0 unspecified atom stereocenters. The van der Waals surface area contributed by atoms with E-state index in [2.05, 4.69) is 30.6 Å². The number of piperazine rings is 1. The molecule has 2 aliphatic heterocycles. The number of esters is 1. The number of aromatic nitrogens is 2. The van der Waals surface area contributed by atoms with Gasteiger partial charge in [-0.2, -0.15) is 0 Å². The highest BCUT2D eigenvalue weighted by atomic mass is 16.7. The SMILES string of the molecule is COC(=O)Cc1c(C)nc(N2CCN(Cc3ccc4c(c3)OCO4)CC2)[nH]c1=O. The fraction of sp³-hybridized carbons (Fsp3) is 0.450. The zero-order valence-electron chi connectivity index (χ0n) is 16.6. The Labute approximate surface area is 168 Å². The number of nitrogens with one attached hydrogen (secondary N) is 1. The molecular weight excluding hydrogens is 376 g/mol. The van der Waals surface area contributed by atoms with Gasteiger partial charge >= 0.3 is 5.97 Å². The molecule has 29 heavy (non-hydrogen) atoms. The van der Waals surface area contributed by atoms with Gasteiger partial charge in [0.15, 0.2) is 11.5 Å². The van der Waals surface area contributed by atoms with Gasteiger partial charge in [-0.3, -0.25) is 19.5 Å². The second kappa shape index (κ2) is 8.12. The lowest BCUT2D eigenvalue weighted by molar-refractivity contribution is -0.139. The highest BCUT2D eigenvalue weighted by Gasteiger charge is 2.22. The van der Waals surface area contributed by atoms with Crippen LogP contribution in [0.25, 0.3) is 0 Å². The molecule has 0 radical (unpaired) electrons. The maximum atomic E-state index is 12.4. The van der Waals surface area contributed by atoms with Gasteiger partial charge in [-0.1, -0.05) is 6.07 Å². The van der Waals surface area contributed by atoms with Crippen LogP contribution in [0.3, 0.4) is 0 Å². The molecule has 0 spiro atoms. The zero-order chi connectivity index (χ0) is 20.4. The molecule has 2 aliphatic rings. The predicted molar refractivity (Wildman–Crippen MR) is 105 cm³/mol. The van der Waals surface area contributed by atoms with Crippen LogP contribution in [0, 0.1) is 6.92 Å². The smallest absolute Gasteiger partial charge is 0.310 e. The van der Waals surface area contributed by atoms with Crippen LogP contribution in [-0.2, 0) is 22.5 Å². The number of aryl methyl sites for hydroxylation is 1. The average Bonchev–Trinajstić information content (AvgIpc) is 3.19. The number of anilines is 1. The maximum absolute atomic E-state index is 12.4. The van der Waals surface area contributed by atoms with Crippen molar-refractivity contribution in [2.75, 3.05) is 45.0 Å². The van der Waals surface area contributed by atoms with Crippen molar-refractivity contribution in [1.82, 2.24) is 14.9 Å². The van der Waals surface area contributed by atoms with Crippen LogP contribution in [0.2, 0.25) is 0 Å². The summed E-state index contributed by atoms with van der Waals surface area (Å²) in [6.07, 6.45) is -0.0751. The molecule has 9 nitrogen and oxygen atoms in total. The van der Waals surface area contributed by atoms with E-state index in [-0.39, 0.29) is 18.8 Å². The van der Waals surface area contributed by atoms with Crippen LogP contribution in [-0.4, -0.2) is 60.9 Å². The molecule has 1 aromatic heterocycles. The number of ether oxygens (including phenoxy) is 3. The molecule has 3 heterocycles. The van der Waals surface area contributed by atoms with Crippen molar-refractivity contribution in [3.8, 4) is 11.5 Å². The second-order valence-corrected chi connectivity index (χ2v) is 7.16. The summed E-state index contributed by atoms with van der Waals surface area (Å²) in [4.78, 5) is 35.6. The van der Waals surface area contributed by atoms with Crippen LogP contribution in [0.4, 0.5) is 5.95 Å². The number of carbonyl (C=O) groups is 1. The normalized spacial score (nSPS) is 16.1. The van der Waals surface area contributed by atoms with Crippen LogP contribution in [0.1, 0.15) is 16.8 Å². The van der Waals surface area contributed by atoms with Gasteiger partial charge in [0.25, 0.3) is 5.56 Å². The lowest BCUT2D eigenvalue weighted by Gasteiger charge is -2.35. The highest BCUT2D eigenvalue weighted by Crippen LogP contribution is 2.32. The van der Waals surface area contributed by atoms with Gasteiger partial charge in [0.1, 0.15) is 0 Å². The first kappa shape index (κ1) is 19.3. The lowest BCUT2D eigenvalue weighted by atomic mass is 10.1. The van der Waals surface area contributed by atoms with E-state index < -0.39 is 5.97 Å². The Morgan fingerprint density at radius 3 is 2.69 bits per heavy atom. The summed E-state index contributed by atoms with van der Waals surface area (Å²) in [6.45, 7) is 6.05. The first-order valence-electron chi connectivity index (χ1n) is 9.56. The molecule has 0 aliphatic carbocycles. The predicted octanol–water partition coefficient (Wildman–Crippen LogP) is 0.845. The molecule has 9 heteroatoms. The molecule has 4 rings (SSSR count). The first-order chi connectivity index (χ1) is 14.0. The van der Waals surface area contributed by atoms with E-state index in [0.717, 1.165) is 44.2 Å². The van der Waals surface area contributed by atoms with E-state index in [9.17, 15) is 9.59 Å². The Balaban J connectivity index is 1.38. The van der Waals surface area contributed by atoms with Crippen molar-refractivity contribution < 1.29 is 19.0 Å². The summed E-state index contributed by atoms with van der Waals surface area (Å²) in [5.74, 6) is 1.68. The zero-order valence-corrected chi connectivity index (χ0v) is 16.6. The summed E-state index contributed by atoms with van der Waals surface area (Å²) < 4.78 is 15.4. The van der Waals surface area contributed by atoms with Crippen molar-refractivity contribution in [1.29, 1.82) is 0 Å². The Morgan fingerprint density at radius 2 is 1.97 bits per heavy atom. The number of rotatable bonds is 5. The number of aromatic amines is 1. The molecule has 1 fully saturated rings. The molecule has 0 bridgehead atoms. The Kier molecular flexibility index (Phi) is 5.39. The molecule has 0 atom stereocenters. The number of hydrogen-bond donors (Lipinski definition) is 1. The molecule has 0 saturated carbocycles. The van der Waals surface area contributed by atoms with Gasteiger partial charge in [-0.05, 0) is 24.6 Å². The summed E-state index contributed by atoms with van der Waals surface area (Å²) in [5, 5.41) is 0. The quantitative estimate of drug-likeness (QED) is 0.738. The fourth-order valence-corrected chi connectivity index (χ4v) is 3.59. The van der Waals surface area contributed by atoms with E-state index in [0.29, 0.717) is 17.2 Å². The van der Waals surface area contributed by atoms with Crippen molar-refractivity contribution in [3.63, 3.8) is 0 Å². The van der Waals surface area contributed by atoms with Gasteiger partial charge in [-0.15, -0.1) is 0 Å². The number of benzene rings is 1. The summed E-state index contributed by atoms with van der Waals surface area (Å²) in [6, 6.07) is 6.03. The lowest BCUT2D eigenvalue weighted by Crippen LogP contribution is -2.47. The average molecular weight is 400 g/mol. The van der Waals surface area contributed by atoms with Gasteiger partial charge in [-0.25, -0.2) is 4.98 Å². The molecule has 1 saturated heterocycles. The summed E-state index contributed by atoms with van der Waals surface area (Å²) >= 11 is 0. The fourth-order valence-electron chi connectivity index (χ4n) is 3.59. The number of H-pyrrole nitrogens is 1. The topological polar surface area (TPSA) is 97.0 Å². The largest absolute Gasteiger partial charge is 0.469 e. The third kappa shape index (κ3) is 4.19. The van der Waals surface area contributed by atoms with Gasteiger partial charge in [0.05, 0.1) is 19.2 Å². The number of methoxy groups -OCH3 is 1. The molecule has 154 valence electrons. The van der Waals surface area contributed by atoms with Crippen LogP contribution in [0.5, 0.6) is 11.5 Å². The van der Waals surface area contributed by atoms with E-state index >= 15 is 0 Å². The minimum Gasteiger partial charge on any atom is -0.469 e. The standard InChI is InChI=1S/C20H24N4O5/c1-13-15(10-18(25)27-2)19(26)22-20(21-13)24-7-5-23(6-8-24)11-14-3-4-16-17(9-14)29-12-28-16/h3-4,9H,5-8,10-12H2,1-2H3,(H,21,22,26). The molecule has 2 aromatic rings. The third-order valence-electron chi connectivity index (χ3n) is 5.27. The third-order valence-corrected chi connectivity index (χ3v) is 5.27.